The zero-order chi connectivity index (χ0) is 16.8. The van der Waals surface area contributed by atoms with Crippen LogP contribution < -0.4 is 14.2 Å². The Morgan fingerprint density at radius 2 is 1.78 bits per heavy atom. The van der Waals surface area contributed by atoms with Crippen molar-refractivity contribution in [3.05, 3.63) is 59.1 Å². The number of benzene rings is 1. The van der Waals surface area contributed by atoms with Gasteiger partial charge in [0.05, 0.1) is 19.8 Å². The lowest BCUT2D eigenvalue weighted by atomic mass is 10.1. The molecule has 1 aromatic carbocycles. The summed E-state index contributed by atoms with van der Waals surface area (Å²) in [6.45, 7) is 2.91. The van der Waals surface area contributed by atoms with Gasteiger partial charge in [-0.05, 0) is 24.6 Å². The van der Waals surface area contributed by atoms with Gasteiger partial charge in [-0.15, -0.1) is 0 Å². The molecule has 0 bridgehead atoms. The monoisotopic (exact) mass is 316 g/mol. The number of amides is 1. The summed E-state index contributed by atoms with van der Waals surface area (Å²) in [5, 5.41) is 11.1. The molecule has 2 rings (SSSR count). The molecular formula is C17H20N2O4. The molecule has 0 N–H and O–H groups in total. The zero-order valence-corrected chi connectivity index (χ0v) is 13.5. The van der Waals surface area contributed by atoms with Crippen LogP contribution in [0.3, 0.4) is 0 Å². The van der Waals surface area contributed by atoms with Crippen molar-refractivity contribution in [2.45, 2.75) is 13.5 Å². The Bertz CT molecular complexity index is 671. The molecule has 23 heavy (non-hydrogen) atoms. The largest absolute Gasteiger partial charge is 0.619 e. The van der Waals surface area contributed by atoms with Gasteiger partial charge in [0, 0.05) is 25.2 Å². The summed E-state index contributed by atoms with van der Waals surface area (Å²) in [4.78, 5) is 14.2. The van der Waals surface area contributed by atoms with E-state index >= 15 is 0 Å². The van der Waals surface area contributed by atoms with Crippen molar-refractivity contribution in [2.75, 3.05) is 20.8 Å². The summed E-state index contributed by atoms with van der Waals surface area (Å²) in [5.74, 6) is 1.15. The van der Waals surface area contributed by atoms with Gasteiger partial charge >= 0.3 is 0 Å². The highest BCUT2D eigenvalue weighted by atomic mass is 16.5. The Morgan fingerprint density at radius 1 is 1.13 bits per heavy atom. The number of carbonyl (C=O) groups is 1. The Hall–Kier alpha value is -2.76. The third-order valence-electron chi connectivity index (χ3n) is 3.54. The lowest BCUT2D eigenvalue weighted by Gasteiger charge is -2.21. The fourth-order valence-corrected chi connectivity index (χ4v) is 2.26. The van der Waals surface area contributed by atoms with Crippen molar-refractivity contribution in [2.24, 2.45) is 0 Å². The van der Waals surface area contributed by atoms with Crippen molar-refractivity contribution in [1.82, 2.24) is 4.90 Å². The van der Waals surface area contributed by atoms with Crippen LogP contribution >= 0.6 is 0 Å². The minimum absolute atomic E-state index is 0.122. The fraction of sp³-hybridized carbons (Fsp3) is 0.294. The van der Waals surface area contributed by atoms with E-state index in [1.54, 1.807) is 19.1 Å². The third-order valence-corrected chi connectivity index (χ3v) is 3.54. The molecule has 1 aromatic heterocycles. The third kappa shape index (κ3) is 3.91. The van der Waals surface area contributed by atoms with Gasteiger partial charge in [0.25, 0.3) is 5.91 Å². The van der Waals surface area contributed by atoms with Gasteiger partial charge in [0.2, 0.25) is 0 Å². The van der Waals surface area contributed by atoms with E-state index in [0.29, 0.717) is 34.9 Å². The summed E-state index contributed by atoms with van der Waals surface area (Å²) in [6.07, 6.45) is 2.63. The molecule has 0 unspecified atom stereocenters. The quantitative estimate of drug-likeness (QED) is 0.604. The minimum Gasteiger partial charge on any atom is -0.619 e. The molecule has 2 aromatic rings. The van der Waals surface area contributed by atoms with E-state index in [0.717, 1.165) is 5.56 Å². The number of hydrogen-bond acceptors (Lipinski definition) is 4. The normalized spacial score (nSPS) is 10.2. The van der Waals surface area contributed by atoms with E-state index in [-0.39, 0.29) is 5.91 Å². The topological polar surface area (TPSA) is 65.7 Å². The van der Waals surface area contributed by atoms with E-state index in [9.17, 15) is 10.0 Å². The Morgan fingerprint density at radius 3 is 2.35 bits per heavy atom. The van der Waals surface area contributed by atoms with Gasteiger partial charge < -0.3 is 19.6 Å². The first-order valence-corrected chi connectivity index (χ1v) is 7.28. The molecule has 0 atom stereocenters. The molecule has 0 radical (unpaired) electrons. The van der Waals surface area contributed by atoms with Gasteiger partial charge in [-0.1, -0.05) is 6.07 Å². The average Bonchev–Trinajstić information content (AvgIpc) is 2.59. The molecule has 6 heteroatoms. The number of carbonyl (C=O) groups excluding carboxylic acids is 1. The maximum absolute atomic E-state index is 12.5. The van der Waals surface area contributed by atoms with E-state index < -0.39 is 0 Å². The minimum atomic E-state index is -0.122. The van der Waals surface area contributed by atoms with E-state index in [4.69, 9.17) is 9.47 Å². The molecule has 0 aliphatic rings. The number of rotatable bonds is 6. The lowest BCUT2D eigenvalue weighted by Crippen LogP contribution is -2.31. The number of aromatic nitrogens is 1. The van der Waals surface area contributed by atoms with Gasteiger partial charge in [-0.25, -0.2) is 0 Å². The van der Waals surface area contributed by atoms with Crippen LogP contribution in [0, 0.1) is 5.21 Å². The molecule has 1 heterocycles. The van der Waals surface area contributed by atoms with Crippen molar-refractivity contribution < 1.29 is 19.0 Å². The van der Waals surface area contributed by atoms with Crippen LogP contribution in [0.5, 0.6) is 11.5 Å². The highest BCUT2D eigenvalue weighted by molar-refractivity contribution is 5.93. The first-order valence-electron chi connectivity index (χ1n) is 7.28. The van der Waals surface area contributed by atoms with Crippen molar-refractivity contribution in [3.8, 4) is 11.5 Å². The summed E-state index contributed by atoms with van der Waals surface area (Å²) < 4.78 is 11.2. The smallest absolute Gasteiger partial charge is 0.254 e. The second kappa shape index (κ2) is 7.49. The molecule has 0 aliphatic heterocycles. The maximum atomic E-state index is 12.5. The summed E-state index contributed by atoms with van der Waals surface area (Å²) in [6, 6.07) is 8.60. The zero-order valence-electron chi connectivity index (χ0n) is 13.5. The van der Waals surface area contributed by atoms with Gasteiger partial charge in [0.15, 0.2) is 23.9 Å². The molecule has 0 aliphatic carbocycles. The van der Waals surface area contributed by atoms with Gasteiger partial charge in [-0.3, -0.25) is 4.79 Å². The average molecular weight is 316 g/mol. The molecule has 1 amide bonds. The van der Waals surface area contributed by atoms with Crippen molar-refractivity contribution >= 4 is 5.91 Å². The van der Waals surface area contributed by atoms with Crippen LogP contribution in [0.1, 0.15) is 22.8 Å². The number of pyridine rings is 1. The molecule has 0 saturated carbocycles. The fourth-order valence-electron chi connectivity index (χ4n) is 2.26. The highest BCUT2D eigenvalue weighted by Gasteiger charge is 2.16. The second-order valence-electron chi connectivity index (χ2n) is 4.96. The maximum Gasteiger partial charge on any atom is 0.254 e. The number of ether oxygens (including phenoxy) is 2. The number of nitrogens with zero attached hydrogens (tertiary/aromatic N) is 2. The molecule has 0 spiro atoms. The number of hydrogen-bond donors (Lipinski definition) is 0. The van der Waals surface area contributed by atoms with Crippen molar-refractivity contribution in [1.29, 1.82) is 0 Å². The first kappa shape index (κ1) is 16.6. The van der Waals surface area contributed by atoms with E-state index in [2.05, 4.69) is 0 Å². The summed E-state index contributed by atoms with van der Waals surface area (Å²) in [7, 11) is 3.16. The number of methoxy groups -OCH3 is 2. The van der Waals surface area contributed by atoms with Gasteiger partial charge in [-0.2, -0.15) is 4.73 Å². The lowest BCUT2D eigenvalue weighted by molar-refractivity contribution is -0.605. The van der Waals surface area contributed by atoms with Crippen LogP contribution in [0.2, 0.25) is 0 Å². The SMILES string of the molecule is CCN(Cc1ccc(OC)c(OC)c1)C(=O)c1cc[n+]([O-])cc1. The Kier molecular flexibility index (Phi) is 5.41. The Balaban J connectivity index is 2.18. The highest BCUT2D eigenvalue weighted by Crippen LogP contribution is 2.28. The van der Waals surface area contributed by atoms with Gasteiger partial charge in [0.1, 0.15) is 0 Å². The van der Waals surface area contributed by atoms with E-state index in [1.807, 2.05) is 25.1 Å². The van der Waals surface area contributed by atoms with Crippen LogP contribution in [0.15, 0.2) is 42.7 Å². The molecule has 122 valence electrons. The molecular weight excluding hydrogens is 296 g/mol. The predicted octanol–water partition coefficient (Wildman–Crippen LogP) is 2.00. The summed E-state index contributed by atoms with van der Waals surface area (Å²) >= 11 is 0. The van der Waals surface area contributed by atoms with Crippen LogP contribution in [0.25, 0.3) is 0 Å². The standard InChI is InChI=1S/C17H20N2O4/c1-4-18(17(20)14-7-9-19(21)10-8-14)12-13-5-6-15(22-2)16(11-13)23-3/h5-11H,4,12H2,1-3H3. The van der Waals surface area contributed by atoms with Crippen LogP contribution in [0.4, 0.5) is 0 Å². The first-order chi connectivity index (χ1) is 11.1. The van der Waals surface area contributed by atoms with E-state index in [1.165, 1.54) is 24.5 Å². The molecule has 6 nitrogen and oxygen atoms in total. The van der Waals surface area contributed by atoms with Crippen molar-refractivity contribution in [3.63, 3.8) is 0 Å². The molecule has 0 fully saturated rings. The summed E-state index contributed by atoms with van der Waals surface area (Å²) in [5.41, 5.74) is 1.42. The predicted molar refractivity (Wildman–Crippen MR) is 85.4 cm³/mol. The molecule has 0 saturated heterocycles. The Labute approximate surface area is 135 Å². The second-order valence-corrected chi connectivity index (χ2v) is 4.96. The van der Waals surface area contributed by atoms with Crippen LogP contribution in [-0.4, -0.2) is 31.6 Å². The van der Waals surface area contributed by atoms with Crippen LogP contribution in [-0.2, 0) is 6.54 Å².